The number of carboxylic acid groups (broad SMARTS) is 1. The van der Waals surface area contributed by atoms with Crippen LogP contribution in [0.25, 0.3) is 0 Å². The Morgan fingerprint density at radius 3 is 2.26 bits per heavy atom. The van der Waals surface area contributed by atoms with E-state index in [9.17, 15) is 19.5 Å². The number of aliphatic carboxylic acids is 1. The minimum atomic E-state index is -1.34. The van der Waals surface area contributed by atoms with E-state index in [-0.39, 0.29) is 30.4 Å². The molecule has 2 N–H and O–H groups in total. The summed E-state index contributed by atoms with van der Waals surface area (Å²) in [6.45, 7) is 17.1. The summed E-state index contributed by atoms with van der Waals surface area (Å²) in [6.07, 6.45) is 0.514. The first-order chi connectivity index (χ1) is 19.9. The maximum atomic E-state index is 12.4. The first-order valence-electron chi connectivity index (χ1n) is 14.1. The second-order valence-corrected chi connectivity index (χ2v) is 14.8. The largest absolute Gasteiger partial charge is 0.481 e. The van der Waals surface area contributed by atoms with Gasteiger partial charge in [0, 0.05) is 17.3 Å². The molecule has 1 amide bonds. The lowest BCUT2D eigenvalue weighted by molar-refractivity contribution is -0.141. The fraction of sp³-hybridized carbons (Fsp3) is 0.455. The van der Waals surface area contributed by atoms with Gasteiger partial charge < -0.3 is 19.0 Å². The van der Waals surface area contributed by atoms with Gasteiger partial charge in [-0.3, -0.25) is 14.9 Å². The first kappa shape index (κ1) is 35.1. The zero-order valence-corrected chi connectivity index (χ0v) is 27.6. The number of pyridine rings is 1. The van der Waals surface area contributed by atoms with E-state index in [1.165, 1.54) is 6.20 Å². The number of nitrogens with zero attached hydrogens (tertiary/aromatic N) is 1. The fourth-order valence-electron chi connectivity index (χ4n) is 3.60. The number of ether oxygens (including phenoxy) is 2. The highest BCUT2D eigenvalue weighted by Crippen LogP contribution is 2.23. The molecule has 10 heteroatoms. The third-order valence-corrected chi connectivity index (χ3v) is 6.52. The minimum Gasteiger partial charge on any atom is -0.481 e. The van der Waals surface area contributed by atoms with Crippen LogP contribution in [-0.2, 0) is 29.9 Å². The standard InChI is InChI=1S/C33H42N2O7Si/c1-22(30(37)38)26-18-23(17-24(19-26)12-13-27(32(2,3)4)42-43(8)9)11-10-16-40-29(36)21-25-14-15-34-28(20-25)35-31(39)41-33(5,6)7/h14-15,17-20,22,27,43H,16,21H2,1-9H3,(H,37,38)(H,34,35,39). The van der Waals surface area contributed by atoms with Gasteiger partial charge in [-0.2, -0.15) is 0 Å². The molecule has 0 fully saturated rings. The monoisotopic (exact) mass is 606 g/mol. The number of aromatic nitrogens is 1. The molecule has 0 radical (unpaired) electrons. The maximum Gasteiger partial charge on any atom is 0.413 e. The molecule has 230 valence electrons. The van der Waals surface area contributed by atoms with Gasteiger partial charge in [-0.05, 0) is 87.7 Å². The number of carbonyl (C=O) groups excluding carboxylic acids is 2. The van der Waals surface area contributed by atoms with Gasteiger partial charge in [0.05, 0.1) is 12.3 Å². The molecule has 2 atom stereocenters. The number of nitrogens with one attached hydrogen (secondary N) is 1. The van der Waals surface area contributed by atoms with Crippen molar-refractivity contribution in [2.45, 2.75) is 85.6 Å². The number of hydrogen-bond donors (Lipinski definition) is 2. The van der Waals surface area contributed by atoms with Crippen molar-refractivity contribution in [1.82, 2.24) is 4.98 Å². The van der Waals surface area contributed by atoms with Crippen molar-refractivity contribution < 1.29 is 33.4 Å². The highest BCUT2D eigenvalue weighted by Gasteiger charge is 2.24. The molecule has 0 aliphatic rings. The summed E-state index contributed by atoms with van der Waals surface area (Å²) in [6, 6.07) is 8.44. The van der Waals surface area contributed by atoms with Gasteiger partial charge in [0.25, 0.3) is 0 Å². The van der Waals surface area contributed by atoms with E-state index in [2.05, 4.69) is 67.8 Å². The van der Waals surface area contributed by atoms with Gasteiger partial charge in [-0.25, -0.2) is 9.78 Å². The molecule has 0 aliphatic carbocycles. The van der Waals surface area contributed by atoms with Crippen LogP contribution in [0.3, 0.4) is 0 Å². The van der Waals surface area contributed by atoms with Crippen molar-refractivity contribution in [1.29, 1.82) is 0 Å². The second kappa shape index (κ2) is 15.4. The van der Waals surface area contributed by atoms with E-state index in [0.29, 0.717) is 22.3 Å². The topological polar surface area (TPSA) is 124 Å². The summed E-state index contributed by atoms with van der Waals surface area (Å²) in [7, 11) is -1.34. The smallest absolute Gasteiger partial charge is 0.413 e. The number of anilines is 1. The van der Waals surface area contributed by atoms with Gasteiger partial charge >= 0.3 is 18.0 Å². The van der Waals surface area contributed by atoms with E-state index in [1.807, 2.05) is 0 Å². The molecule has 1 aromatic heterocycles. The van der Waals surface area contributed by atoms with Crippen LogP contribution in [0.1, 0.15) is 76.6 Å². The summed E-state index contributed by atoms with van der Waals surface area (Å²) in [5, 5.41) is 12.1. The Hall–Kier alpha value is -4.12. The van der Waals surface area contributed by atoms with Gasteiger partial charge in [-0.15, -0.1) is 0 Å². The summed E-state index contributed by atoms with van der Waals surface area (Å²) in [5.74, 6) is 10.2. The second-order valence-electron chi connectivity index (χ2n) is 12.4. The number of carbonyl (C=O) groups is 3. The molecule has 0 saturated carbocycles. The highest BCUT2D eigenvalue weighted by atomic mass is 28.3. The zero-order chi connectivity index (χ0) is 32.4. The van der Waals surface area contributed by atoms with Crippen molar-refractivity contribution in [3.05, 3.63) is 58.8 Å². The van der Waals surface area contributed by atoms with Crippen LogP contribution < -0.4 is 5.32 Å². The minimum absolute atomic E-state index is 0.0468. The lowest BCUT2D eigenvalue weighted by Crippen LogP contribution is -2.31. The molecule has 43 heavy (non-hydrogen) atoms. The van der Waals surface area contributed by atoms with Crippen LogP contribution >= 0.6 is 0 Å². The van der Waals surface area contributed by atoms with Gasteiger partial charge in [0.1, 0.15) is 17.5 Å². The molecule has 2 rings (SSSR count). The zero-order valence-electron chi connectivity index (χ0n) is 26.5. The fourth-order valence-corrected chi connectivity index (χ4v) is 4.62. The molecule has 0 spiro atoms. The molecule has 1 heterocycles. The Balaban J connectivity index is 2.14. The molecule has 0 saturated heterocycles. The quantitative estimate of drug-likeness (QED) is 0.229. The summed E-state index contributed by atoms with van der Waals surface area (Å²) in [5.41, 5.74) is 1.51. The summed E-state index contributed by atoms with van der Waals surface area (Å²) in [4.78, 5) is 40.1. The molecule has 0 bridgehead atoms. The highest BCUT2D eigenvalue weighted by molar-refractivity contribution is 6.48. The van der Waals surface area contributed by atoms with Gasteiger partial charge in [0.15, 0.2) is 15.6 Å². The average Bonchev–Trinajstić information content (AvgIpc) is 2.86. The number of rotatable bonds is 8. The van der Waals surface area contributed by atoms with Crippen LogP contribution in [-0.4, -0.2) is 55.5 Å². The van der Waals surface area contributed by atoms with Crippen molar-refractivity contribution in [3.63, 3.8) is 0 Å². The first-order valence-corrected chi connectivity index (χ1v) is 16.8. The number of hydrogen-bond acceptors (Lipinski definition) is 7. The van der Waals surface area contributed by atoms with E-state index in [1.54, 1.807) is 58.0 Å². The van der Waals surface area contributed by atoms with Gasteiger partial charge in [0.2, 0.25) is 0 Å². The molecule has 2 unspecified atom stereocenters. The third kappa shape index (κ3) is 13.2. The summed E-state index contributed by atoms with van der Waals surface area (Å²) >= 11 is 0. The predicted molar refractivity (Wildman–Crippen MR) is 168 cm³/mol. The van der Waals surface area contributed by atoms with Crippen LogP contribution in [0.4, 0.5) is 10.6 Å². The Labute approximate surface area is 256 Å². The van der Waals surface area contributed by atoms with Crippen LogP contribution in [0, 0.1) is 29.1 Å². The molecular weight excluding hydrogens is 564 g/mol. The van der Waals surface area contributed by atoms with E-state index in [0.717, 1.165) is 0 Å². The molecule has 2 aromatic rings. The maximum absolute atomic E-state index is 12.4. The molecule has 0 aliphatic heterocycles. The number of esters is 1. The summed E-state index contributed by atoms with van der Waals surface area (Å²) < 4.78 is 16.6. The van der Waals surface area contributed by atoms with E-state index >= 15 is 0 Å². The normalized spacial score (nSPS) is 12.6. The van der Waals surface area contributed by atoms with Crippen molar-refractivity contribution in [3.8, 4) is 23.7 Å². The molecule has 1 aromatic carbocycles. The Bertz CT molecular complexity index is 1430. The number of carboxylic acids is 1. The van der Waals surface area contributed by atoms with E-state index in [4.69, 9.17) is 13.9 Å². The molecule has 9 nitrogen and oxygen atoms in total. The van der Waals surface area contributed by atoms with Crippen molar-refractivity contribution in [2.75, 3.05) is 11.9 Å². The van der Waals surface area contributed by atoms with Crippen molar-refractivity contribution in [2.24, 2.45) is 5.41 Å². The Morgan fingerprint density at radius 1 is 1.02 bits per heavy atom. The van der Waals surface area contributed by atoms with Crippen LogP contribution in [0.5, 0.6) is 0 Å². The van der Waals surface area contributed by atoms with Crippen LogP contribution in [0.15, 0.2) is 36.5 Å². The number of benzene rings is 1. The average molecular weight is 607 g/mol. The Kier molecular flexibility index (Phi) is 12.5. The molecular formula is C33H42N2O7Si. The SMILES string of the molecule is CC(C(=O)O)c1cc(C#CCOC(=O)Cc2ccnc(NC(=O)OC(C)(C)C)c2)cc(C#CC(O[SiH](C)C)C(C)(C)C)c1. The van der Waals surface area contributed by atoms with Crippen molar-refractivity contribution >= 4 is 32.9 Å². The van der Waals surface area contributed by atoms with Gasteiger partial charge in [-0.1, -0.05) is 44.5 Å². The predicted octanol–water partition coefficient (Wildman–Crippen LogP) is 5.52. The van der Waals surface area contributed by atoms with E-state index < -0.39 is 38.6 Å². The Morgan fingerprint density at radius 2 is 1.67 bits per heavy atom. The van der Waals surface area contributed by atoms with Crippen LogP contribution in [0.2, 0.25) is 13.1 Å². The number of amides is 1. The lowest BCUT2D eigenvalue weighted by Gasteiger charge is -2.28. The lowest BCUT2D eigenvalue weighted by atomic mass is 9.89. The third-order valence-electron chi connectivity index (χ3n) is 5.71.